The van der Waals surface area contributed by atoms with Gasteiger partial charge in [0.05, 0.1) is 25.9 Å². The van der Waals surface area contributed by atoms with Gasteiger partial charge in [0, 0.05) is 5.33 Å². The van der Waals surface area contributed by atoms with Gasteiger partial charge in [0.25, 0.3) is 0 Å². The molecule has 0 spiro atoms. The zero-order chi connectivity index (χ0) is 9.03. The Morgan fingerprint density at radius 2 is 2.17 bits per heavy atom. The molecule has 0 amide bonds. The van der Waals surface area contributed by atoms with E-state index in [0.717, 1.165) is 31.6 Å². The van der Waals surface area contributed by atoms with E-state index in [4.69, 9.17) is 9.47 Å². The maximum Gasteiger partial charge on any atom is 0.0815 e. The van der Waals surface area contributed by atoms with Gasteiger partial charge in [-0.25, -0.2) is 0 Å². The average Bonchev–Trinajstić information content (AvgIpc) is 2.06. The highest BCUT2D eigenvalue weighted by Gasteiger charge is 2.24. The lowest BCUT2D eigenvalue weighted by molar-refractivity contribution is -0.0997. The van der Waals surface area contributed by atoms with Crippen LogP contribution >= 0.6 is 15.9 Å². The average molecular weight is 237 g/mol. The van der Waals surface area contributed by atoms with E-state index >= 15 is 0 Å². The smallest absolute Gasteiger partial charge is 0.0815 e. The van der Waals surface area contributed by atoms with Gasteiger partial charge in [0.1, 0.15) is 0 Å². The number of rotatable bonds is 3. The Bertz CT molecular complexity index is 130. The summed E-state index contributed by atoms with van der Waals surface area (Å²) in [6.45, 7) is 6.74. The zero-order valence-corrected chi connectivity index (χ0v) is 9.39. The molecule has 12 heavy (non-hydrogen) atoms. The molecule has 0 aromatic heterocycles. The molecule has 0 aromatic rings. The second-order valence-corrected chi connectivity index (χ2v) is 4.63. The first-order valence-corrected chi connectivity index (χ1v) is 5.51. The molecule has 1 fully saturated rings. The summed E-state index contributed by atoms with van der Waals surface area (Å²) < 4.78 is 10.9. The van der Waals surface area contributed by atoms with E-state index in [1.807, 2.05) is 0 Å². The third kappa shape index (κ3) is 3.42. The Labute approximate surface area is 82.7 Å². The van der Waals surface area contributed by atoms with Crippen LogP contribution in [0.1, 0.15) is 20.3 Å². The molecule has 1 aliphatic rings. The van der Waals surface area contributed by atoms with Gasteiger partial charge in [-0.2, -0.15) is 0 Å². The first-order valence-electron chi connectivity index (χ1n) is 4.39. The maximum absolute atomic E-state index is 5.57. The lowest BCUT2D eigenvalue weighted by atomic mass is 9.89. The molecule has 0 radical (unpaired) electrons. The first kappa shape index (κ1) is 10.5. The van der Waals surface area contributed by atoms with Gasteiger partial charge >= 0.3 is 0 Å². The Morgan fingerprint density at radius 3 is 2.67 bits per heavy atom. The summed E-state index contributed by atoms with van der Waals surface area (Å²) in [5.41, 5.74) is 0.311. The second kappa shape index (κ2) is 4.58. The molecule has 0 aliphatic carbocycles. The Balaban J connectivity index is 2.28. The SMILES string of the molecule is CC(C)(CBr)CC1COCCO1. The highest BCUT2D eigenvalue weighted by atomic mass is 79.9. The van der Waals surface area contributed by atoms with Crippen molar-refractivity contribution in [3.05, 3.63) is 0 Å². The summed E-state index contributed by atoms with van der Waals surface area (Å²) in [4.78, 5) is 0. The van der Waals surface area contributed by atoms with Gasteiger partial charge in [-0.1, -0.05) is 29.8 Å². The number of alkyl halides is 1. The van der Waals surface area contributed by atoms with Gasteiger partial charge in [-0.3, -0.25) is 0 Å². The molecule has 72 valence electrons. The normalized spacial score (nSPS) is 25.8. The number of halogens is 1. The van der Waals surface area contributed by atoms with E-state index in [1.54, 1.807) is 0 Å². The van der Waals surface area contributed by atoms with Crippen molar-refractivity contribution >= 4 is 15.9 Å². The monoisotopic (exact) mass is 236 g/mol. The maximum atomic E-state index is 5.57. The van der Waals surface area contributed by atoms with E-state index < -0.39 is 0 Å². The molecule has 1 unspecified atom stereocenters. The highest BCUT2D eigenvalue weighted by molar-refractivity contribution is 9.09. The zero-order valence-electron chi connectivity index (χ0n) is 7.81. The molecule has 1 saturated heterocycles. The number of ether oxygens (including phenoxy) is 2. The van der Waals surface area contributed by atoms with Crippen LogP contribution < -0.4 is 0 Å². The minimum atomic E-state index is 0.297. The second-order valence-electron chi connectivity index (χ2n) is 4.07. The fraction of sp³-hybridized carbons (Fsp3) is 1.00. The quantitative estimate of drug-likeness (QED) is 0.700. The molecular weight excluding hydrogens is 220 g/mol. The lowest BCUT2D eigenvalue weighted by Gasteiger charge is -2.30. The lowest BCUT2D eigenvalue weighted by Crippen LogP contribution is -2.33. The summed E-state index contributed by atoms with van der Waals surface area (Å²) in [6.07, 6.45) is 1.37. The molecule has 1 aliphatic heterocycles. The van der Waals surface area contributed by atoms with Crippen LogP contribution in [-0.2, 0) is 9.47 Å². The van der Waals surface area contributed by atoms with Crippen molar-refractivity contribution in [1.82, 2.24) is 0 Å². The minimum Gasteiger partial charge on any atom is -0.376 e. The highest BCUT2D eigenvalue weighted by Crippen LogP contribution is 2.26. The van der Waals surface area contributed by atoms with Crippen LogP contribution in [-0.4, -0.2) is 31.3 Å². The van der Waals surface area contributed by atoms with Gasteiger partial charge in [-0.05, 0) is 11.8 Å². The van der Waals surface area contributed by atoms with Crippen molar-refractivity contribution in [3.8, 4) is 0 Å². The van der Waals surface area contributed by atoms with Gasteiger partial charge in [0.15, 0.2) is 0 Å². The predicted octanol–water partition coefficient (Wildman–Crippen LogP) is 2.21. The molecular formula is C9H17BrO2. The van der Waals surface area contributed by atoms with E-state index in [-0.39, 0.29) is 0 Å². The molecule has 1 rings (SSSR count). The van der Waals surface area contributed by atoms with E-state index in [0.29, 0.717) is 11.5 Å². The van der Waals surface area contributed by atoms with Crippen molar-refractivity contribution in [1.29, 1.82) is 0 Å². The molecule has 2 nitrogen and oxygen atoms in total. The summed E-state index contributed by atoms with van der Waals surface area (Å²) in [5.74, 6) is 0. The molecule has 0 bridgehead atoms. The van der Waals surface area contributed by atoms with Crippen molar-refractivity contribution in [2.45, 2.75) is 26.4 Å². The van der Waals surface area contributed by atoms with Gasteiger partial charge in [-0.15, -0.1) is 0 Å². The molecule has 1 heterocycles. The van der Waals surface area contributed by atoms with Crippen molar-refractivity contribution in [2.75, 3.05) is 25.2 Å². The Hall–Kier alpha value is 0.400. The summed E-state index contributed by atoms with van der Waals surface area (Å²) >= 11 is 3.50. The topological polar surface area (TPSA) is 18.5 Å². The fourth-order valence-electron chi connectivity index (χ4n) is 1.33. The van der Waals surface area contributed by atoms with E-state index in [2.05, 4.69) is 29.8 Å². The van der Waals surface area contributed by atoms with Crippen molar-refractivity contribution in [2.24, 2.45) is 5.41 Å². The predicted molar refractivity (Wildman–Crippen MR) is 52.8 cm³/mol. The van der Waals surface area contributed by atoms with Crippen LogP contribution in [0.15, 0.2) is 0 Å². The molecule has 0 saturated carbocycles. The standard InChI is InChI=1S/C9H17BrO2/c1-9(2,7-10)5-8-6-11-3-4-12-8/h8H,3-7H2,1-2H3. The van der Waals surface area contributed by atoms with Crippen molar-refractivity contribution in [3.63, 3.8) is 0 Å². The first-order chi connectivity index (χ1) is 5.64. The summed E-state index contributed by atoms with van der Waals surface area (Å²) in [7, 11) is 0. The van der Waals surface area contributed by atoms with Crippen LogP contribution in [0.2, 0.25) is 0 Å². The number of hydrogen-bond acceptors (Lipinski definition) is 2. The Morgan fingerprint density at radius 1 is 1.42 bits per heavy atom. The van der Waals surface area contributed by atoms with Crippen LogP contribution in [0.3, 0.4) is 0 Å². The molecule has 0 aromatic carbocycles. The molecule has 0 N–H and O–H groups in total. The van der Waals surface area contributed by atoms with E-state index in [1.165, 1.54) is 0 Å². The third-order valence-corrected chi connectivity index (χ3v) is 3.54. The van der Waals surface area contributed by atoms with Crippen LogP contribution in [0, 0.1) is 5.41 Å². The van der Waals surface area contributed by atoms with E-state index in [9.17, 15) is 0 Å². The summed E-state index contributed by atoms with van der Waals surface area (Å²) in [5, 5.41) is 1.01. The van der Waals surface area contributed by atoms with Crippen LogP contribution in [0.4, 0.5) is 0 Å². The minimum absolute atomic E-state index is 0.297. The largest absolute Gasteiger partial charge is 0.376 e. The van der Waals surface area contributed by atoms with Gasteiger partial charge in [0.2, 0.25) is 0 Å². The van der Waals surface area contributed by atoms with Crippen molar-refractivity contribution < 1.29 is 9.47 Å². The molecule has 3 heteroatoms. The fourth-order valence-corrected chi connectivity index (χ4v) is 1.55. The Kier molecular flexibility index (Phi) is 4.00. The summed E-state index contributed by atoms with van der Waals surface area (Å²) in [6, 6.07) is 0. The third-order valence-electron chi connectivity index (χ3n) is 2.03. The van der Waals surface area contributed by atoms with Crippen LogP contribution in [0.25, 0.3) is 0 Å². The van der Waals surface area contributed by atoms with Gasteiger partial charge < -0.3 is 9.47 Å². The molecule has 1 atom stereocenters. The number of hydrogen-bond donors (Lipinski definition) is 0. The van der Waals surface area contributed by atoms with Crippen LogP contribution in [0.5, 0.6) is 0 Å².